The number of rotatable bonds is 8. The Kier molecular flexibility index (Phi) is 6.61. The number of nitrogens with one attached hydrogen (secondary N) is 1. The highest BCUT2D eigenvalue weighted by atomic mass is 16.6. The van der Waals surface area contributed by atoms with Gasteiger partial charge in [-0.3, -0.25) is 14.9 Å². The number of hydrogen-bond donors (Lipinski definition) is 2. The van der Waals surface area contributed by atoms with Gasteiger partial charge in [0.1, 0.15) is 5.69 Å². The number of nitro groups is 1. The summed E-state index contributed by atoms with van der Waals surface area (Å²) in [5.41, 5.74) is 0.382. The lowest BCUT2D eigenvalue weighted by Gasteiger charge is -2.21. The van der Waals surface area contributed by atoms with Gasteiger partial charge < -0.3 is 15.3 Å². The van der Waals surface area contributed by atoms with Crippen molar-refractivity contribution in [2.24, 2.45) is 0 Å². The van der Waals surface area contributed by atoms with Crippen LogP contribution in [0.15, 0.2) is 18.2 Å². The number of aliphatic hydroxyl groups is 1. The summed E-state index contributed by atoms with van der Waals surface area (Å²) >= 11 is 0. The third-order valence-electron chi connectivity index (χ3n) is 3.06. The zero-order valence-corrected chi connectivity index (χ0v) is 12.3. The highest BCUT2D eigenvalue weighted by Crippen LogP contribution is 2.29. The van der Waals surface area contributed by atoms with Crippen molar-refractivity contribution in [2.45, 2.75) is 20.3 Å². The smallest absolute Gasteiger partial charge is 0.293 e. The summed E-state index contributed by atoms with van der Waals surface area (Å²) in [7, 11) is 0. The van der Waals surface area contributed by atoms with Gasteiger partial charge in [-0.15, -0.1) is 0 Å². The fourth-order valence-corrected chi connectivity index (χ4v) is 2.00. The molecule has 0 saturated heterocycles. The normalized spacial score (nSPS) is 10.2. The third-order valence-corrected chi connectivity index (χ3v) is 3.06. The van der Waals surface area contributed by atoms with Crippen LogP contribution in [0.2, 0.25) is 0 Å². The Morgan fingerprint density at radius 3 is 2.67 bits per heavy atom. The maximum Gasteiger partial charge on any atom is 0.293 e. The Morgan fingerprint density at radius 2 is 2.14 bits per heavy atom. The van der Waals surface area contributed by atoms with Crippen LogP contribution in [0.25, 0.3) is 0 Å². The minimum Gasteiger partial charge on any atom is -0.395 e. The molecule has 21 heavy (non-hydrogen) atoms. The first-order chi connectivity index (χ1) is 10.1. The number of nitro benzene ring substituents is 1. The summed E-state index contributed by atoms with van der Waals surface area (Å²) < 4.78 is 0. The standard InChI is InChI=1S/C14H21N3O4/c1-3-8-15-13-11(6-5-7-12(13)17(20)21)14(19)16(4-2)9-10-18/h5-7,15,18H,3-4,8-10H2,1-2H3. The zero-order valence-electron chi connectivity index (χ0n) is 12.3. The Hall–Kier alpha value is -2.15. The first kappa shape index (κ1) is 16.9. The van der Waals surface area contributed by atoms with E-state index in [-0.39, 0.29) is 36.0 Å². The van der Waals surface area contributed by atoms with Crippen molar-refractivity contribution in [1.29, 1.82) is 0 Å². The van der Waals surface area contributed by atoms with Gasteiger partial charge in [0.2, 0.25) is 0 Å². The molecule has 0 atom stereocenters. The van der Waals surface area contributed by atoms with Gasteiger partial charge in [-0.2, -0.15) is 0 Å². The number of para-hydroxylation sites is 1. The highest BCUT2D eigenvalue weighted by molar-refractivity contribution is 6.01. The summed E-state index contributed by atoms with van der Waals surface area (Å²) in [5.74, 6) is -0.325. The monoisotopic (exact) mass is 295 g/mol. The first-order valence-corrected chi connectivity index (χ1v) is 6.98. The zero-order chi connectivity index (χ0) is 15.8. The van der Waals surface area contributed by atoms with E-state index in [0.29, 0.717) is 13.1 Å². The van der Waals surface area contributed by atoms with E-state index in [4.69, 9.17) is 5.11 Å². The molecular weight excluding hydrogens is 274 g/mol. The lowest BCUT2D eigenvalue weighted by Crippen LogP contribution is -2.34. The number of nitrogens with zero attached hydrogens (tertiary/aromatic N) is 2. The SMILES string of the molecule is CCCNc1c(C(=O)N(CC)CCO)cccc1[N+](=O)[O-]. The number of hydrogen-bond acceptors (Lipinski definition) is 5. The molecule has 2 N–H and O–H groups in total. The molecule has 1 aromatic rings. The molecule has 116 valence electrons. The molecule has 7 heteroatoms. The highest BCUT2D eigenvalue weighted by Gasteiger charge is 2.23. The second kappa shape index (κ2) is 8.21. The molecule has 1 aromatic carbocycles. The molecule has 0 saturated carbocycles. The molecule has 0 aromatic heterocycles. The van der Waals surface area contributed by atoms with Crippen LogP contribution < -0.4 is 5.32 Å². The van der Waals surface area contributed by atoms with Gasteiger partial charge in [-0.05, 0) is 19.4 Å². The van der Waals surface area contributed by atoms with E-state index in [1.165, 1.54) is 17.0 Å². The van der Waals surface area contributed by atoms with E-state index in [9.17, 15) is 14.9 Å². The number of benzene rings is 1. The molecule has 0 heterocycles. The van der Waals surface area contributed by atoms with Crippen LogP contribution >= 0.6 is 0 Å². The van der Waals surface area contributed by atoms with E-state index < -0.39 is 4.92 Å². The van der Waals surface area contributed by atoms with E-state index in [0.717, 1.165) is 6.42 Å². The Bertz CT molecular complexity index is 505. The fraction of sp³-hybridized carbons (Fsp3) is 0.500. The van der Waals surface area contributed by atoms with E-state index >= 15 is 0 Å². The number of anilines is 1. The van der Waals surface area contributed by atoms with Crippen LogP contribution in [0.4, 0.5) is 11.4 Å². The predicted molar refractivity (Wildman–Crippen MR) is 80.5 cm³/mol. The second-order valence-corrected chi connectivity index (χ2v) is 4.49. The average Bonchev–Trinajstić information content (AvgIpc) is 2.49. The Balaban J connectivity index is 3.23. The van der Waals surface area contributed by atoms with Crippen LogP contribution in [-0.4, -0.2) is 47.1 Å². The van der Waals surface area contributed by atoms with Gasteiger partial charge in [0.05, 0.1) is 17.1 Å². The number of amides is 1. The molecule has 0 aliphatic carbocycles. The molecule has 7 nitrogen and oxygen atoms in total. The molecular formula is C14H21N3O4. The second-order valence-electron chi connectivity index (χ2n) is 4.49. The van der Waals surface area contributed by atoms with Crippen molar-refractivity contribution in [3.05, 3.63) is 33.9 Å². The van der Waals surface area contributed by atoms with Gasteiger partial charge in [0.25, 0.3) is 11.6 Å². The van der Waals surface area contributed by atoms with Gasteiger partial charge in [-0.25, -0.2) is 0 Å². The number of carbonyl (C=O) groups is 1. The predicted octanol–water partition coefficient (Wildman–Crippen LogP) is 1.87. The van der Waals surface area contributed by atoms with Crippen molar-refractivity contribution >= 4 is 17.3 Å². The largest absolute Gasteiger partial charge is 0.395 e. The summed E-state index contributed by atoms with van der Waals surface area (Å²) in [6.45, 7) is 4.75. The Morgan fingerprint density at radius 1 is 1.43 bits per heavy atom. The van der Waals surface area contributed by atoms with Gasteiger partial charge in [-0.1, -0.05) is 13.0 Å². The van der Waals surface area contributed by atoms with E-state index in [1.54, 1.807) is 13.0 Å². The minimum atomic E-state index is -0.503. The van der Waals surface area contributed by atoms with Gasteiger partial charge >= 0.3 is 0 Å². The van der Waals surface area contributed by atoms with Crippen LogP contribution in [0.5, 0.6) is 0 Å². The molecule has 0 radical (unpaired) electrons. The summed E-state index contributed by atoms with van der Waals surface area (Å²) in [5, 5.41) is 23.1. The molecule has 0 spiro atoms. The summed E-state index contributed by atoms with van der Waals surface area (Å²) in [4.78, 5) is 24.6. The number of carbonyl (C=O) groups excluding carboxylic acids is 1. The first-order valence-electron chi connectivity index (χ1n) is 6.98. The van der Waals surface area contributed by atoms with Crippen molar-refractivity contribution in [1.82, 2.24) is 4.90 Å². The third kappa shape index (κ3) is 4.16. The minimum absolute atomic E-state index is 0.116. The van der Waals surface area contributed by atoms with Crippen LogP contribution in [0, 0.1) is 10.1 Å². The molecule has 0 aliphatic heterocycles. The van der Waals surface area contributed by atoms with Gasteiger partial charge in [0.15, 0.2) is 0 Å². The molecule has 1 amide bonds. The maximum atomic E-state index is 12.5. The summed E-state index contributed by atoms with van der Waals surface area (Å²) in [6.07, 6.45) is 0.786. The maximum absolute atomic E-state index is 12.5. The fourth-order valence-electron chi connectivity index (χ4n) is 2.00. The molecule has 1 rings (SSSR count). The van der Waals surface area contributed by atoms with Crippen LogP contribution in [0.3, 0.4) is 0 Å². The Labute approximate surface area is 123 Å². The summed E-state index contributed by atoms with van der Waals surface area (Å²) in [6, 6.07) is 4.43. The van der Waals surface area contributed by atoms with Crippen molar-refractivity contribution in [3.63, 3.8) is 0 Å². The topological polar surface area (TPSA) is 95.7 Å². The van der Waals surface area contributed by atoms with Crippen molar-refractivity contribution < 1.29 is 14.8 Å². The van der Waals surface area contributed by atoms with Crippen molar-refractivity contribution in [2.75, 3.05) is 31.6 Å². The quantitative estimate of drug-likeness (QED) is 0.564. The van der Waals surface area contributed by atoms with E-state index in [1.807, 2.05) is 6.92 Å². The van der Waals surface area contributed by atoms with E-state index in [2.05, 4.69) is 5.32 Å². The van der Waals surface area contributed by atoms with Crippen LogP contribution in [-0.2, 0) is 0 Å². The van der Waals surface area contributed by atoms with Crippen molar-refractivity contribution in [3.8, 4) is 0 Å². The molecule has 0 aliphatic rings. The molecule has 0 unspecified atom stereocenters. The molecule has 0 fully saturated rings. The van der Waals surface area contributed by atoms with Crippen LogP contribution in [0.1, 0.15) is 30.6 Å². The number of aliphatic hydroxyl groups excluding tert-OH is 1. The van der Waals surface area contributed by atoms with Gasteiger partial charge in [0, 0.05) is 25.7 Å². The lowest BCUT2D eigenvalue weighted by molar-refractivity contribution is -0.384. The average molecular weight is 295 g/mol. The number of likely N-dealkylation sites (N-methyl/N-ethyl adjacent to an activating group) is 1. The molecule has 0 bridgehead atoms. The lowest BCUT2D eigenvalue weighted by atomic mass is 10.1.